The average Bonchev–Trinajstić information content (AvgIpc) is 2.77. The summed E-state index contributed by atoms with van der Waals surface area (Å²) in [6.45, 7) is 3.90. The highest BCUT2D eigenvalue weighted by atomic mass is 16.2. The third-order valence-electron chi connectivity index (χ3n) is 4.90. The van der Waals surface area contributed by atoms with Gasteiger partial charge < -0.3 is 4.90 Å². The van der Waals surface area contributed by atoms with Gasteiger partial charge in [-0.25, -0.2) is 0 Å². The van der Waals surface area contributed by atoms with E-state index in [2.05, 4.69) is 17.0 Å². The number of amides is 1. The van der Waals surface area contributed by atoms with Crippen molar-refractivity contribution in [2.45, 2.75) is 25.8 Å². The summed E-state index contributed by atoms with van der Waals surface area (Å²) in [5.41, 5.74) is 2.14. The lowest BCUT2D eigenvalue weighted by molar-refractivity contribution is -0.126. The normalized spacial score (nSPS) is 21.7. The molecule has 0 atom stereocenters. The monoisotopic (exact) mass is 283 g/mol. The molecule has 0 aliphatic carbocycles. The van der Waals surface area contributed by atoms with Crippen molar-refractivity contribution in [3.05, 3.63) is 35.4 Å². The van der Waals surface area contributed by atoms with Gasteiger partial charge in [0, 0.05) is 26.6 Å². The van der Waals surface area contributed by atoms with Gasteiger partial charge in [-0.15, -0.1) is 0 Å². The van der Waals surface area contributed by atoms with Gasteiger partial charge in [0.25, 0.3) is 0 Å². The van der Waals surface area contributed by atoms with Crippen LogP contribution in [0.25, 0.3) is 0 Å². The van der Waals surface area contributed by atoms with Crippen LogP contribution in [-0.2, 0) is 11.3 Å². The maximum atomic E-state index is 11.8. The van der Waals surface area contributed by atoms with E-state index in [9.17, 15) is 4.79 Å². The number of hydrogen-bond acceptors (Lipinski definition) is 3. The molecule has 2 aliphatic rings. The van der Waals surface area contributed by atoms with Crippen LogP contribution in [0, 0.1) is 16.7 Å². The first kappa shape index (κ1) is 14.1. The van der Waals surface area contributed by atoms with E-state index < -0.39 is 0 Å². The Morgan fingerprint density at radius 3 is 2.71 bits per heavy atom. The van der Waals surface area contributed by atoms with Gasteiger partial charge in [-0.3, -0.25) is 9.69 Å². The molecule has 2 fully saturated rings. The number of nitriles is 1. The highest BCUT2D eigenvalue weighted by Gasteiger charge is 2.43. The second-order valence-corrected chi connectivity index (χ2v) is 6.51. The van der Waals surface area contributed by atoms with E-state index in [0.717, 1.165) is 51.0 Å². The highest BCUT2D eigenvalue weighted by Crippen LogP contribution is 2.40. The molecule has 0 radical (unpaired) electrons. The predicted molar refractivity (Wildman–Crippen MR) is 80.4 cm³/mol. The number of hydrogen-bond donors (Lipinski definition) is 0. The Hall–Kier alpha value is -1.86. The molecule has 2 aliphatic heterocycles. The van der Waals surface area contributed by atoms with Crippen molar-refractivity contribution in [1.82, 2.24) is 9.80 Å². The molecular formula is C17H21N3O. The highest BCUT2D eigenvalue weighted by molar-refractivity contribution is 5.79. The topological polar surface area (TPSA) is 47.3 Å². The molecule has 0 N–H and O–H groups in total. The summed E-state index contributed by atoms with van der Waals surface area (Å²) in [7, 11) is 1.91. The second-order valence-electron chi connectivity index (χ2n) is 6.51. The Labute approximate surface area is 126 Å². The van der Waals surface area contributed by atoms with E-state index in [4.69, 9.17) is 5.26 Å². The minimum absolute atomic E-state index is 0.219. The maximum absolute atomic E-state index is 11.8. The van der Waals surface area contributed by atoms with Crippen molar-refractivity contribution in [3.8, 4) is 6.07 Å². The number of nitrogens with zero attached hydrogens (tertiary/aromatic N) is 3. The first-order valence-corrected chi connectivity index (χ1v) is 7.56. The van der Waals surface area contributed by atoms with Gasteiger partial charge in [0.05, 0.1) is 11.6 Å². The number of carbonyl (C=O) groups excluding carboxylic acids is 1. The van der Waals surface area contributed by atoms with E-state index in [1.165, 1.54) is 5.56 Å². The van der Waals surface area contributed by atoms with Crippen LogP contribution in [0.15, 0.2) is 24.3 Å². The molecule has 1 amide bonds. The largest absolute Gasteiger partial charge is 0.345 e. The van der Waals surface area contributed by atoms with Crippen LogP contribution < -0.4 is 0 Å². The zero-order chi connectivity index (χ0) is 14.9. The summed E-state index contributed by atoms with van der Waals surface area (Å²) >= 11 is 0. The van der Waals surface area contributed by atoms with Crippen LogP contribution in [0.3, 0.4) is 0 Å². The van der Waals surface area contributed by atoms with Gasteiger partial charge in [0.15, 0.2) is 0 Å². The summed E-state index contributed by atoms with van der Waals surface area (Å²) in [4.78, 5) is 16.1. The number of likely N-dealkylation sites (tertiary alicyclic amines) is 2. The van der Waals surface area contributed by atoms with Crippen LogP contribution >= 0.6 is 0 Å². The van der Waals surface area contributed by atoms with E-state index >= 15 is 0 Å². The minimum Gasteiger partial charge on any atom is -0.345 e. The quantitative estimate of drug-likeness (QED) is 0.834. The smallest absolute Gasteiger partial charge is 0.222 e. The third kappa shape index (κ3) is 2.93. The van der Waals surface area contributed by atoms with Crippen LogP contribution in [0.4, 0.5) is 0 Å². The fraction of sp³-hybridized carbons (Fsp3) is 0.529. The molecule has 0 saturated carbocycles. The van der Waals surface area contributed by atoms with Crippen LogP contribution in [0.1, 0.15) is 30.4 Å². The van der Waals surface area contributed by atoms with Crippen molar-refractivity contribution in [2.75, 3.05) is 26.7 Å². The summed E-state index contributed by atoms with van der Waals surface area (Å²) < 4.78 is 0. The van der Waals surface area contributed by atoms with Gasteiger partial charge in [-0.05, 0) is 49.0 Å². The molecule has 1 aromatic rings. The molecule has 1 spiro atoms. The molecule has 0 unspecified atom stereocenters. The molecule has 2 heterocycles. The molecule has 4 nitrogen and oxygen atoms in total. The second kappa shape index (κ2) is 5.50. The molecule has 3 rings (SSSR count). The average molecular weight is 283 g/mol. The molecule has 110 valence electrons. The Morgan fingerprint density at radius 1 is 1.33 bits per heavy atom. The lowest BCUT2D eigenvalue weighted by Crippen LogP contribution is -2.40. The first-order valence-electron chi connectivity index (χ1n) is 7.56. The van der Waals surface area contributed by atoms with Gasteiger partial charge in [0.2, 0.25) is 5.91 Å². The Kier molecular flexibility index (Phi) is 3.69. The molecule has 2 saturated heterocycles. The fourth-order valence-corrected chi connectivity index (χ4v) is 3.62. The van der Waals surface area contributed by atoms with Gasteiger partial charge in [-0.2, -0.15) is 5.26 Å². The van der Waals surface area contributed by atoms with Crippen molar-refractivity contribution in [2.24, 2.45) is 5.41 Å². The van der Waals surface area contributed by atoms with E-state index in [1.807, 2.05) is 30.1 Å². The van der Waals surface area contributed by atoms with Crippen LogP contribution in [-0.4, -0.2) is 42.4 Å². The summed E-state index contributed by atoms with van der Waals surface area (Å²) in [5.74, 6) is 0.296. The standard InChI is InChI=1S/C17H21N3O/c1-19-13-17(10-16(19)21)5-7-20(8-6-17)12-15-4-2-3-14(9-15)11-18/h2-4,9H,5-8,10,12-13H2,1H3. The lowest BCUT2D eigenvalue weighted by Gasteiger charge is -2.38. The summed E-state index contributed by atoms with van der Waals surface area (Å²) in [5, 5.41) is 8.96. The minimum atomic E-state index is 0.219. The maximum Gasteiger partial charge on any atom is 0.222 e. The van der Waals surface area contributed by atoms with Crippen LogP contribution in [0.2, 0.25) is 0 Å². The number of rotatable bonds is 2. The van der Waals surface area contributed by atoms with Gasteiger partial charge >= 0.3 is 0 Å². The molecular weight excluding hydrogens is 262 g/mol. The molecule has 4 heteroatoms. The number of benzene rings is 1. The molecule has 0 bridgehead atoms. The number of piperidine rings is 1. The lowest BCUT2D eigenvalue weighted by atomic mass is 9.77. The van der Waals surface area contributed by atoms with Gasteiger partial charge in [0.1, 0.15) is 0 Å². The summed E-state index contributed by atoms with van der Waals surface area (Å²) in [6.07, 6.45) is 2.92. The Bertz CT molecular complexity index is 582. The van der Waals surface area contributed by atoms with Crippen molar-refractivity contribution < 1.29 is 4.79 Å². The Balaban J connectivity index is 1.59. The Morgan fingerprint density at radius 2 is 2.10 bits per heavy atom. The molecule has 1 aromatic carbocycles. The van der Waals surface area contributed by atoms with Crippen molar-refractivity contribution in [1.29, 1.82) is 5.26 Å². The predicted octanol–water partition coefficient (Wildman–Crippen LogP) is 2.00. The van der Waals surface area contributed by atoms with E-state index in [-0.39, 0.29) is 5.41 Å². The third-order valence-corrected chi connectivity index (χ3v) is 4.90. The summed E-state index contributed by atoms with van der Waals surface area (Å²) in [6, 6.07) is 10.0. The van der Waals surface area contributed by atoms with E-state index in [0.29, 0.717) is 5.91 Å². The fourth-order valence-electron chi connectivity index (χ4n) is 3.62. The zero-order valence-corrected chi connectivity index (χ0v) is 12.5. The van der Waals surface area contributed by atoms with Crippen molar-refractivity contribution >= 4 is 5.91 Å². The SMILES string of the molecule is CN1CC2(CCN(Cc3cccc(C#N)c3)CC2)CC1=O. The van der Waals surface area contributed by atoms with E-state index in [1.54, 1.807) is 0 Å². The first-order chi connectivity index (χ1) is 10.1. The zero-order valence-electron chi connectivity index (χ0n) is 12.5. The van der Waals surface area contributed by atoms with Gasteiger partial charge in [-0.1, -0.05) is 12.1 Å². The molecule has 21 heavy (non-hydrogen) atoms. The molecule has 0 aromatic heterocycles. The van der Waals surface area contributed by atoms with Crippen molar-refractivity contribution in [3.63, 3.8) is 0 Å². The number of carbonyl (C=O) groups is 1. The van der Waals surface area contributed by atoms with Crippen LogP contribution in [0.5, 0.6) is 0 Å².